The summed E-state index contributed by atoms with van der Waals surface area (Å²) in [7, 11) is 0. The number of rotatable bonds is 2. The molecule has 3 rings (SSSR count). The highest BCUT2D eigenvalue weighted by molar-refractivity contribution is 6.34. The fourth-order valence-electron chi connectivity index (χ4n) is 3.38. The third-order valence-corrected chi connectivity index (χ3v) is 4.61. The number of benzene rings is 1. The smallest absolute Gasteiger partial charge is 0.253 e. The van der Waals surface area contributed by atoms with Crippen LogP contribution in [0.25, 0.3) is 0 Å². The molecular weight excluding hydrogens is 283 g/mol. The molecule has 3 atom stereocenters. The molecule has 3 N–H and O–H groups in total. The van der Waals surface area contributed by atoms with Crippen molar-refractivity contribution in [3.8, 4) is 0 Å². The molecule has 0 spiro atoms. The highest BCUT2D eigenvalue weighted by Gasteiger charge is 2.40. The van der Waals surface area contributed by atoms with Crippen molar-refractivity contribution in [3.63, 3.8) is 0 Å². The minimum atomic E-state index is -0.0717. The Morgan fingerprint density at radius 1 is 1.32 bits per heavy atom. The lowest BCUT2D eigenvalue weighted by molar-refractivity contribution is 0.0923. The summed E-state index contributed by atoms with van der Waals surface area (Å²) in [4.78, 5) is 12.2. The zero-order valence-electron chi connectivity index (χ0n) is 10.6. The van der Waals surface area contributed by atoms with Crippen molar-refractivity contribution in [2.75, 3.05) is 5.73 Å². The number of fused-ring (bicyclic) bond motifs is 2. The van der Waals surface area contributed by atoms with Crippen molar-refractivity contribution < 1.29 is 4.79 Å². The van der Waals surface area contributed by atoms with Gasteiger partial charge in [-0.3, -0.25) is 4.79 Å². The second-order valence-corrected chi connectivity index (χ2v) is 5.90. The van der Waals surface area contributed by atoms with Crippen LogP contribution in [-0.2, 0) is 0 Å². The van der Waals surface area contributed by atoms with Gasteiger partial charge in [-0.15, -0.1) is 12.4 Å². The predicted octanol–water partition coefficient (Wildman–Crippen LogP) is 3.26. The summed E-state index contributed by atoms with van der Waals surface area (Å²) >= 11 is 6.05. The molecule has 19 heavy (non-hydrogen) atoms. The molecule has 0 radical (unpaired) electrons. The maximum absolute atomic E-state index is 12.2. The lowest BCUT2D eigenvalue weighted by Gasteiger charge is -2.23. The minimum absolute atomic E-state index is 0. The third-order valence-electron chi connectivity index (χ3n) is 4.29. The molecule has 2 bridgehead atoms. The van der Waals surface area contributed by atoms with Crippen molar-refractivity contribution >= 4 is 35.6 Å². The molecule has 104 valence electrons. The number of carbonyl (C=O) groups excluding carboxylic acids is 1. The van der Waals surface area contributed by atoms with Crippen LogP contribution >= 0.6 is 24.0 Å². The average Bonchev–Trinajstić information content (AvgIpc) is 2.90. The fraction of sp³-hybridized carbons (Fsp3) is 0.500. The molecule has 3 nitrogen and oxygen atoms in total. The Labute approximate surface area is 124 Å². The van der Waals surface area contributed by atoms with Crippen LogP contribution in [0.2, 0.25) is 5.02 Å². The van der Waals surface area contributed by atoms with Crippen molar-refractivity contribution in [1.82, 2.24) is 5.32 Å². The molecule has 2 aliphatic carbocycles. The minimum Gasteiger partial charge on any atom is -0.399 e. The highest BCUT2D eigenvalue weighted by atomic mass is 35.5. The fourth-order valence-corrected chi connectivity index (χ4v) is 3.66. The Hall–Kier alpha value is -0.930. The number of nitrogen functional groups attached to an aromatic ring is 1. The molecule has 0 saturated heterocycles. The molecule has 0 aliphatic heterocycles. The van der Waals surface area contributed by atoms with Crippen LogP contribution in [0.5, 0.6) is 0 Å². The van der Waals surface area contributed by atoms with Crippen LogP contribution in [0.15, 0.2) is 18.2 Å². The maximum Gasteiger partial charge on any atom is 0.253 e. The number of nitrogens with two attached hydrogens (primary N) is 1. The monoisotopic (exact) mass is 300 g/mol. The summed E-state index contributed by atoms with van der Waals surface area (Å²) in [5, 5.41) is 3.55. The second kappa shape index (κ2) is 5.59. The van der Waals surface area contributed by atoms with E-state index in [2.05, 4.69) is 5.32 Å². The van der Waals surface area contributed by atoms with Gasteiger partial charge in [0.25, 0.3) is 5.91 Å². The van der Waals surface area contributed by atoms with Crippen LogP contribution in [0.4, 0.5) is 5.69 Å². The van der Waals surface area contributed by atoms with Crippen molar-refractivity contribution in [1.29, 1.82) is 0 Å². The zero-order chi connectivity index (χ0) is 12.7. The van der Waals surface area contributed by atoms with E-state index in [-0.39, 0.29) is 18.3 Å². The Balaban J connectivity index is 0.00000133. The molecule has 2 saturated carbocycles. The number of nitrogens with one attached hydrogen (secondary N) is 1. The second-order valence-electron chi connectivity index (χ2n) is 5.49. The van der Waals surface area contributed by atoms with Gasteiger partial charge in [0.2, 0.25) is 0 Å². The van der Waals surface area contributed by atoms with Crippen LogP contribution in [0, 0.1) is 11.8 Å². The van der Waals surface area contributed by atoms with E-state index in [1.807, 2.05) is 0 Å². The van der Waals surface area contributed by atoms with Gasteiger partial charge in [0.05, 0.1) is 10.6 Å². The van der Waals surface area contributed by atoms with Gasteiger partial charge < -0.3 is 11.1 Å². The molecule has 2 fully saturated rings. The molecule has 1 aromatic carbocycles. The standard InChI is InChI=1S/C14H17ClN2O.ClH/c15-12-7-10(16)3-4-11(12)14(18)17-13-6-8-1-2-9(13)5-8;/h3-4,7-9,13H,1-2,5-6,16H2,(H,17,18);1H. The Morgan fingerprint density at radius 3 is 2.68 bits per heavy atom. The number of amides is 1. The SMILES string of the molecule is Cl.Nc1ccc(C(=O)NC2CC3CCC2C3)c(Cl)c1. The summed E-state index contributed by atoms with van der Waals surface area (Å²) in [5.74, 6) is 1.42. The van der Waals surface area contributed by atoms with Gasteiger partial charge in [-0.1, -0.05) is 18.0 Å². The number of hydrogen-bond acceptors (Lipinski definition) is 2. The Bertz CT molecular complexity index is 492. The summed E-state index contributed by atoms with van der Waals surface area (Å²) in [6.07, 6.45) is 4.99. The van der Waals surface area contributed by atoms with Gasteiger partial charge in [0.15, 0.2) is 0 Å². The lowest BCUT2D eigenvalue weighted by atomic mass is 9.95. The van der Waals surface area contributed by atoms with E-state index >= 15 is 0 Å². The predicted molar refractivity (Wildman–Crippen MR) is 79.8 cm³/mol. The summed E-state index contributed by atoms with van der Waals surface area (Å²) in [5.41, 5.74) is 6.73. The first kappa shape index (κ1) is 14.5. The first-order valence-electron chi connectivity index (χ1n) is 6.49. The van der Waals surface area contributed by atoms with E-state index in [9.17, 15) is 4.79 Å². The average molecular weight is 301 g/mol. The van der Waals surface area contributed by atoms with Crippen molar-refractivity contribution in [2.24, 2.45) is 11.8 Å². The van der Waals surface area contributed by atoms with Crippen molar-refractivity contribution in [3.05, 3.63) is 28.8 Å². The molecule has 1 aromatic rings. The van der Waals surface area contributed by atoms with Gasteiger partial charge in [-0.05, 0) is 49.3 Å². The van der Waals surface area contributed by atoms with Gasteiger partial charge in [0, 0.05) is 11.7 Å². The summed E-state index contributed by atoms with van der Waals surface area (Å²) < 4.78 is 0. The zero-order valence-corrected chi connectivity index (χ0v) is 12.1. The highest BCUT2D eigenvalue weighted by Crippen LogP contribution is 2.44. The number of halogens is 2. The topological polar surface area (TPSA) is 55.1 Å². The normalized spacial score (nSPS) is 27.9. The number of hydrogen-bond donors (Lipinski definition) is 2. The third kappa shape index (κ3) is 2.82. The molecule has 3 unspecified atom stereocenters. The van der Waals surface area contributed by atoms with E-state index in [1.165, 1.54) is 19.3 Å². The first-order valence-corrected chi connectivity index (χ1v) is 6.87. The quantitative estimate of drug-likeness (QED) is 0.824. The maximum atomic E-state index is 12.2. The van der Waals surface area contributed by atoms with E-state index in [0.717, 1.165) is 12.3 Å². The molecule has 2 aliphatic rings. The van der Waals surface area contributed by atoms with Gasteiger partial charge >= 0.3 is 0 Å². The number of anilines is 1. The van der Waals surface area contributed by atoms with Crippen LogP contribution in [0.1, 0.15) is 36.0 Å². The molecular formula is C14H18Cl2N2O. The van der Waals surface area contributed by atoms with Crippen molar-refractivity contribution in [2.45, 2.75) is 31.7 Å². The molecule has 5 heteroatoms. The van der Waals surface area contributed by atoms with E-state index in [1.54, 1.807) is 18.2 Å². The molecule has 0 aromatic heterocycles. The summed E-state index contributed by atoms with van der Waals surface area (Å²) in [6, 6.07) is 5.36. The van der Waals surface area contributed by atoms with Crippen LogP contribution < -0.4 is 11.1 Å². The first-order chi connectivity index (χ1) is 8.63. The van der Waals surface area contributed by atoms with E-state index < -0.39 is 0 Å². The van der Waals surface area contributed by atoms with E-state index in [0.29, 0.717) is 28.2 Å². The largest absolute Gasteiger partial charge is 0.399 e. The lowest BCUT2D eigenvalue weighted by Crippen LogP contribution is -2.38. The van der Waals surface area contributed by atoms with Gasteiger partial charge in [-0.2, -0.15) is 0 Å². The van der Waals surface area contributed by atoms with Gasteiger partial charge in [0.1, 0.15) is 0 Å². The van der Waals surface area contributed by atoms with Crippen LogP contribution in [-0.4, -0.2) is 11.9 Å². The summed E-state index contributed by atoms with van der Waals surface area (Å²) in [6.45, 7) is 0. The Morgan fingerprint density at radius 2 is 2.11 bits per heavy atom. The van der Waals surface area contributed by atoms with E-state index in [4.69, 9.17) is 17.3 Å². The van der Waals surface area contributed by atoms with Gasteiger partial charge in [-0.25, -0.2) is 0 Å². The molecule has 0 heterocycles. The number of carbonyl (C=O) groups is 1. The van der Waals surface area contributed by atoms with Crippen LogP contribution in [0.3, 0.4) is 0 Å². The molecule has 1 amide bonds. The Kier molecular flexibility index (Phi) is 4.26.